The lowest BCUT2D eigenvalue weighted by Gasteiger charge is -2.09. The molecule has 2 aromatic carbocycles. The lowest BCUT2D eigenvalue weighted by molar-refractivity contribution is -0.384. The summed E-state index contributed by atoms with van der Waals surface area (Å²) in [4.78, 5) is 19.1. The molecule has 1 aromatic heterocycles. The second-order valence-corrected chi connectivity index (χ2v) is 5.45. The second-order valence-electron chi connectivity index (χ2n) is 5.04. The maximum atomic E-state index is 10.8. The van der Waals surface area contributed by atoms with Crippen molar-refractivity contribution < 1.29 is 4.92 Å². The summed E-state index contributed by atoms with van der Waals surface area (Å²) in [7, 11) is 0. The van der Waals surface area contributed by atoms with E-state index in [1.165, 1.54) is 12.1 Å². The predicted molar refractivity (Wildman–Crippen MR) is 89.3 cm³/mol. The molecular formula is C17H12ClN3O2. The van der Waals surface area contributed by atoms with Gasteiger partial charge in [-0.25, -0.2) is 0 Å². The molecule has 0 saturated heterocycles. The van der Waals surface area contributed by atoms with Gasteiger partial charge in [-0.05, 0) is 30.7 Å². The van der Waals surface area contributed by atoms with E-state index in [4.69, 9.17) is 11.6 Å². The molecule has 23 heavy (non-hydrogen) atoms. The number of aryl methyl sites for hydroxylation is 1. The van der Waals surface area contributed by atoms with Crippen LogP contribution in [0.25, 0.3) is 22.5 Å². The highest BCUT2D eigenvalue weighted by molar-refractivity contribution is 6.33. The highest BCUT2D eigenvalue weighted by Crippen LogP contribution is 2.33. The van der Waals surface area contributed by atoms with Crippen molar-refractivity contribution in [3.63, 3.8) is 0 Å². The van der Waals surface area contributed by atoms with Crippen LogP contribution in [0.1, 0.15) is 5.56 Å². The quantitative estimate of drug-likeness (QED) is 0.518. The Labute approximate surface area is 137 Å². The molecule has 0 unspecified atom stereocenters. The van der Waals surface area contributed by atoms with Crippen molar-refractivity contribution in [2.24, 2.45) is 0 Å². The van der Waals surface area contributed by atoms with Crippen LogP contribution in [0.4, 0.5) is 5.69 Å². The Bertz CT molecular complexity index is 879. The van der Waals surface area contributed by atoms with E-state index in [9.17, 15) is 10.1 Å². The zero-order valence-corrected chi connectivity index (χ0v) is 13.0. The number of benzene rings is 2. The van der Waals surface area contributed by atoms with Crippen LogP contribution in [-0.4, -0.2) is 14.9 Å². The summed E-state index contributed by atoms with van der Waals surface area (Å²) in [6, 6.07) is 11.9. The Morgan fingerprint density at radius 3 is 2.26 bits per heavy atom. The van der Waals surface area contributed by atoms with Gasteiger partial charge in [0.1, 0.15) is 0 Å². The van der Waals surface area contributed by atoms with Crippen molar-refractivity contribution in [3.05, 3.63) is 75.6 Å². The molecule has 0 spiro atoms. The van der Waals surface area contributed by atoms with Crippen LogP contribution in [0.3, 0.4) is 0 Å². The summed E-state index contributed by atoms with van der Waals surface area (Å²) in [6.45, 7) is 1.96. The van der Waals surface area contributed by atoms with E-state index in [0.29, 0.717) is 16.4 Å². The fourth-order valence-electron chi connectivity index (χ4n) is 2.30. The standard InChI is InChI=1S/C17H12ClN3O2/c1-11-2-7-14(15(18)10-11)17-16(19-8-9-20-17)12-3-5-13(6-4-12)21(22)23/h2-10H,1H3. The molecule has 6 heteroatoms. The van der Waals surface area contributed by atoms with Gasteiger partial charge >= 0.3 is 0 Å². The summed E-state index contributed by atoms with van der Waals surface area (Å²) in [5.41, 5.74) is 3.89. The first-order valence-electron chi connectivity index (χ1n) is 6.88. The topological polar surface area (TPSA) is 68.9 Å². The van der Waals surface area contributed by atoms with Crippen LogP contribution in [0.2, 0.25) is 5.02 Å². The van der Waals surface area contributed by atoms with E-state index in [2.05, 4.69) is 9.97 Å². The number of halogens is 1. The van der Waals surface area contributed by atoms with Gasteiger partial charge < -0.3 is 0 Å². The van der Waals surface area contributed by atoms with Crippen molar-refractivity contribution in [1.82, 2.24) is 9.97 Å². The smallest absolute Gasteiger partial charge is 0.258 e. The summed E-state index contributed by atoms with van der Waals surface area (Å²) in [5.74, 6) is 0. The van der Waals surface area contributed by atoms with Gasteiger partial charge in [0.25, 0.3) is 5.69 Å². The average Bonchev–Trinajstić information content (AvgIpc) is 2.55. The molecule has 0 fully saturated rings. The van der Waals surface area contributed by atoms with Crippen LogP contribution < -0.4 is 0 Å². The van der Waals surface area contributed by atoms with Gasteiger partial charge in [-0.1, -0.05) is 23.7 Å². The van der Waals surface area contributed by atoms with Crippen LogP contribution in [-0.2, 0) is 0 Å². The normalized spacial score (nSPS) is 10.5. The Morgan fingerprint density at radius 1 is 1.00 bits per heavy atom. The molecule has 0 aliphatic heterocycles. The van der Waals surface area contributed by atoms with Gasteiger partial charge in [0.05, 0.1) is 21.3 Å². The van der Waals surface area contributed by atoms with Gasteiger partial charge in [0.2, 0.25) is 0 Å². The van der Waals surface area contributed by atoms with E-state index in [0.717, 1.165) is 16.7 Å². The third kappa shape index (κ3) is 3.05. The Kier molecular flexibility index (Phi) is 4.04. The third-order valence-electron chi connectivity index (χ3n) is 3.43. The second kappa shape index (κ2) is 6.14. The number of nitrogens with zero attached hydrogens (tertiary/aromatic N) is 3. The van der Waals surface area contributed by atoms with E-state index < -0.39 is 4.92 Å². The minimum absolute atomic E-state index is 0.0348. The predicted octanol–water partition coefficient (Wildman–Crippen LogP) is 4.68. The molecule has 5 nitrogen and oxygen atoms in total. The van der Waals surface area contributed by atoms with E-state index in [1.54, 1.807) is 24.5 Å². The molecule has 0 N–H and O–H groups in total. The number of rotatable bonds is 3. The monoisotopic (exact) mass is 325 g/mol. The summed E-state index contributed by atoms with van der Waals surface area (Å²) in [5, 5.41) is 11.4. The maximum Gasteiger partial charge on any atom is 0.269 e. The number of aromatic nitrogens is 2. The SMILES string of the molecule is Cc1ccc(-c2nccnc2-c2ccc([N+](=O)[O-])cc2)c(Cl)c1. The van der Waals surface area contributed by atoms with Crippen molar-refractivity contribution >= 4 is 17.3 Å². The summed E-state index contributed by atoms with van der Waals surface area (Å²) >= 11 is 6.33. The first-order chi connectivity index (χ1) is 11.1. The van der Waals surface area contributed by atoms with Gasteiger partial charge in [0, 0.05) is 35.7 Å². The minimum Gasteiger partial charge on any atom is -0.258 e. The molecule has 0 bridgehead atoms. The Balaban J connectivity index is 2.12. The van der Waals surface area contributed by atoms with E-state index >= 15 is 0 Å². The highest BCUT2D eigenvalue weighted by Gasteiger charge is 2.14. The van der Waals surface area contributed by atoms with Crippen molar-refractivity contribution in [2.75, 3.05) is 0 Å². The van der Waals surface area contributed by atoms with Gasteiger partial charge in [-0.15, -0.1) is 0 Å². The van der Waals surface area contributed by atoms with Crippen molar-refractivity contribution in [3.8, 4) is 22.5 Å². The first-order valence-corrected chi connectivity index (χ1v) is 7.26. The molecule has 0 atom stereocenters. The maximum absolute atomic E-state index is 10.8. The summed E-state index contributed by atoms with van der Waals surface area (Å²) < 4.78 is 0. The lowest BCUT2D eigenvalue weighted by atomic mass is 10.0. The zero-order valence-electron chi connectivity index (χ0n) is 12.2. The molecule has 3 aromatic rings. The van der Waals surface area contributed by atoms with Crippen molar-refractivity contribution in [2.45, 2.75) is 6.92 Å². The molecule has 0 radical (unpaired) electrons. The van der Waals surface area contributed by atoms with Crippen LogP contribution in [0.15, 0.2) is 54.9 Å². The van der Waals surface area contributed by atoms with E-state index in [1.807, 2.05) is 25.1 Å². The van der Waals surface area contributed by atoms with Gasteiger partial charge in [-0.3, -0.25) is 20.1 Å². The van der Waals surface area contributed by atoms with E-state index in [-0.39, 0.29) is 5.69 Å². The van der Waals surface area contributed by atoms with Crippen molar-refractivity contribution in [1.29, 1.82) is 0 Å². The molecule has 0 aliphatic rings. The molecule has 1 heterocycles. The average molecular weight is 326 g/mol. The molecule has 0 amide bonds. The molecule has 0 saturated carbocycles. The fraction of sp³-hybridized carbons (Fsp3) is 0.0588. The number of hydrogen-bond donors (Lipinski definition) is 0. The molecular weight excluding hydrogens is 314 g/mol. The lowest BCUT2D eigenvalue weighted by Crippen LogP contribution is -1.94. The largest absolute Gasteiger partial charge is 0.269 e. The molecule has 114 valence electrons. The zero-order chi connectivity index (χ0) is 16.4. The molecule has 0 aliphatic carbocycles. The highest BCUT2D eigenvalue weighted by atomic mass is 35.5. The van der Waals surface area contributed by atoms with Crippen LogP contribution in [0, 0.1) is 17.0 Å². The van der Waals surface area contributed by atoms with Gasteiger partial charge in [-0.2, -0.15) is 0 Å². The first kappa shape index (κ1) is 15.1. The van der Waals surface area contributed by atoms with Gasteiger partial charge in [0.15, 0.2) is 0 Å². The number of nitro groups is 1. The third-order valence-corrected chi connectivity index (χ3v) is 3.74. The van der Waals surface area contributed by atoms with Crippen LogP contribution >= 0.6 is 11.6 Å². The van der Waals surface area contributed by atoms with Crippen LogP contribution in [0.5, 0.6) is 0 Å². The molecule has 3 rings (SSSR count). The summed E-state index contributed by atoms with van der Waals surface area (Å²) in [6.07, 6.45) is 3.18. The fourth-order valence-corrected chi connectivity index (χ4v) is 2.62. The Hall–Kier alpha value is -2.79. The number of hydrogen-bond acceptors (Lipinski definition) is 4. The minimum atomic E-state index is -0.432. The number of nitro benzene ring substituents is 1. The number of non-ortho nitro benzene ring substituents is 1. The Morgan fingerprint density at radius 2 is 1.65 bits per heavy atom.